The highest BCUT2D eigenvalue weighted by Crippen LogP contribution is 2.18. The summed E-state index contributed by atoms with van der Waals surface area (Å²) in [4.78, 5) is 25.3. The van der Waals surface area contributed by atoms with Gasteiger partial charge in [-0.3, -0.25) is 0 Å². The summed E-state index contributed by atoms with van der Waals surface area (Å²) in [5.41, 5.74) is 0.756. The first kappa shape index (κ1) is 30.4. The molecule has 0 saturated carbocycles. The Hall–Kier alpha value is -2.83. The lowest BCUT2D eigenvalue weighted by atomic mass is 10.1. The summed E-state index contributed by atoms with van der Waals surface area (Å²) in [5.74, 6) is -0.224. The van der Waals surface area contributed by atoms with Crippen molar-refractivity contribution in [3.8, 4) is 11.5 Å². The lowest BCUT2D eigenvalue weighted by molar-refractivity contribution is -0.174. The Morgan fingerprint density at radius 3 is 2.24 bits per heavy atom. The number of benzene rings is 2. The third-order valence-corrected chi connectivity index (χ3v) is 5.41. The molecule has 2 aromatic carbocycles. The number of alkyl halides is 3. The molecule has 2 aromatic rings. The molecule has 37 heavy (non-hydrogen) atoms. The van der Waals surface area contributed by atoms with Gasteiger partial charge in [-0.15, -0.1) is 0 Å². The molecule has 12 heteroatoms. The zero-order valence-electron chi connectivity index (χ0n) is 20.2. The second-order valence-electron chi connectivity index (χ2n) is 7.81. The zero-order valence-corrected chi connectivity index (χ0v) is 21.8. The first-order valence-corrected chi connectivity index (χ1v) is 12.3. The van der Waals surface area contributed by atoms with Crippen molar-refractivity contribution >= 4 is 28.0 Å². The maximum Gasteiger partial charge on any atom is 0.415 e. The normalized spacial score (nSPS) is 12.1. The Labute approximate surface area is 221 Å². The molecule has 1 unspecified atom stereocenters. The number of carbonyl (C=O) groups excluding carboxylic acids is 1. The standard InChI is InChI=1S/C25H29BrF3NO7/c1-2-35-22(23(31)32)16-18-4-8-20(9-5-18)36-15-13-30(12-3-14-34-17-25(27,28)29)24(33)37-21-10-6-19(26)7-11-21/h4-11,22H,2-3,12-17H2,1H3,(H,31,32). The first-order chi connectivity index (χ1) is 17.6. The molecule has 204 valence electrons. The molecule has 0 saturated heterocycles. The maximum atomic E-state index is 12.7. The van der Waals surface area contributed by atoms with Crippen molar-refractivity contribution in [1.82, 2.24) is 4.90 Å². The van der Waals surface area contributed by atoms with Crippen LogP contribution in [-0.2, 0) is 20.7 Å². The molecule has 0 heterocycles. The monoisotopic (exact) mass is 591 g/mol. The Morgan fingerprint density at radius 2 is 1.65 bits per heavy atom. The van der Waals surface area contributed by atoms with Gasteiger partial charge in [0, 0.05) is 30.7 Å². The summed E-state index contributed by atoms with van der Waals surface area (Å²) in [6.45, 7) is 0.782. The average Bonchev–Trinajstić information content (AvgIpc) is 2.84. The summed E-state index contributed by atoms with van der Waals surface area (Å²) >= 11 is 3.30. The van der Waals surface area contributed by atoms with Crippen LogP contribution in [0.5, 0.6) is 11.5 Å². The minimum atomic E-state index is -4.42. The number of hydrogen-bond donors (Lipinski definition) is 1. The van der Waals surface area contributed by atoms with Crippen LogP contribution in [0.4, 0.5) is 18.0 Å². The van der Waals surface area contributed by atoms with Gasteiger partial charge in [-0.25, -0.2) is 9.59 Å². The first-order valence-electron chi connectivity index (χ1n) is 11.5. The van der Waals surface area contributed by atoms with Crippen LogP contribution >= 0.6 is 15.9 Å². The highest BCUT2D eigenvalue weighted by molar-refractivity contribution is 9.10. The summed E-state index contributed by atoms with van der Waals surface area (Å²) < 4.78 is 58.5. The van der Waals surface area contributed by atoms with E-state index in [2.05, 4.69) is 20.7 Å². The van der Waals surface area contributed by atoms with Crippen LogP contribution < -0.4 is 9.47 Å². The van der Waals surface area contributed by atoms with Crippen LogP contribution in [0.3, 0.4) is 0 Å². The number of carbonyl (C=O) groups is 2. The second kappa shape index (κ2) is 15.4. The molecule has 0 aliphatic rings. The molecule has 2 rings (SSSR count). The molecular weight excluding hydrogens is 563 g/mol. The SMILES string of the molecule is CCOC(Cc1ccc(OCCN(CCCOCC(F)(F)F)C(=O)Oc2ccc(Br)cc2)cc1)C(=O)O. The largest absolute Gasteiger partial charge is 0.492 e. The average molecular weight is 592 g/mol. The molecule has 0 radical (unpaired) electrons. The number of amides is 1. The van der Waals surface area contributed by atoms with Crippen LogP contribution in [0.2, 0.25) is 0 Å². The van der Waals surface area contributed by atoms with Crippen molar-refractivity contribution in [1.29, 1.82) is 0 Å². The summed E-state index contributed by atoms with van der Waals surface area (Å²) in [6.07, 6.45) is -5.66. The topological polar surface area (TPSA) is 94.5 Å². The number of aliphatic carboxylic acids is 1. The van der Waals surface area contributed by atoms with E-state index in [1.54, 1.807) is 55.5 Å². The quantitative estimate of drug-likeness (QED) is 0.280. The molecule has 0 aliphatic heterocycles. The highest BCUT2D eigenvalue weighted by atomic mass is 79.9. The number of ether oxygens (including phenoxy) is 4. The lowest BCUT2D eigenvalue weighted by Crippen LogP contribution is -2.38. The van der Waals surface area contributed by atoms with Crippen molar-refractivity contribution in [2.75, 3.05) is 39.5 Å². The molecule has 1 amide bonds. The van der Waals surface area contributed by atoms with Gasteiger partial charge in [0.2, 0.25) is 0 Å². The number of rotatable bonds is 15. The van der Waals surface area contributed by atoms with E-state index in [0.717, 1.165) is 10.0 Å². The Balaban J connectivity index is 1.90. The Kier molecular flexibility index (Phi) is 12.7. The van der Waals surface area contributed by atoms with Crippen molar-refractivity contribution in [3.63, 3.8) is 0 Å². The molecule has 0 fully saturated rings. The van der Waals surface area contributed by atoms with E-state index >= 15 is 0 Å². The molecule has 1 atom stereocenters. The van der Waals surface area contributed by atoms with Gasteiger partial charge in [-0.05, 0) is 55.3 Å². The van der Waals surface area contributed by atoms with Gasteiger partial charge in [-0.1, -0.05) is 28.1 Å². The Morgan fingerprint density at radius 1 is 1.00 bits per heavy atom. The van der Waals surface area contributed by atoms with Crippen LogP contribution in [0, 0.1) is 0 Å². The fourth-order valence-corrected chi connectivity index (χ4v) is 3.40. The second-order valence-corrected chi connectivity index (χ2v) is 8.72. The smallest absolute Gasteiger partial charge is 0.415 e. The van der Waals surface area contributed by atoms with Crippen LogP contribution in [-0.4, -0.2) is 73.9 Å². The van der Waals surface area contributed by atoms with E-state index in [9.17, 15) is 27.9 Å². The summed E-state index contributed by atoms with van der Waals surface area (Å²) in [7, 11) is 0. The van der Waals surface area contributed by atoms with Gasteiger partial charge in [0.25, 0.3) is 0 Å². The van der Waals surface area contributed by atoms with Crippen LogP contribution in [0.1, 0.15) is 18.9 Å². The van der Waals surface area contributed by atoms with Gasteiger partial charge in [0.1, 0.15) is 24.7 Å². The van der Waals surface area contributed by atoms with E-state index in [0.29, 0.717) is 11.5 Å². The number of carboxylic acid groups (broad SMARTS) is 1. The third-order valence-electron chi connectivity index (χ3n) is 4.88. The molecular formula is C25H29BrF3NO7. The van der Waals surface area contributed by atoms with E-state index < -0.39 is 30.9 Å². The minimum absolute atomic E-state index is 0.0922. The van der Waals surface area contributed by atoms with Crippen molar-refractivity contribution in [3.05, 3.63) is 58.6 Å². The van der Waals surface area contributed by atoms with E-state index in [1.807, 2.05) is 0 Å². The summed E-state index contributed by atoms with van der Waals surface area (Å²) in [6, 6.07) is 13.4. The highest BCUT2D eigenvalue weighted by Gasteiger charge is 2.27. The van der Waals surface area contributed by atoms with Gasteiger partial charge in [0.15, 0.2) is 6.10 Å². The zero-order chi connectivity index (χ0) is 27.3. The summed E-state index contributed by atoms with van der Waals surface area (Å²) in [5, 5.41) is 9.21. The number of halogens is 4. The number of carboxylic acids is 1. The molecule has 0 aromatic heterocycles. The molecule has 0 spiro atoms. The predicted octanol–water partition coefficient (Wildman–Crippen LogP) is 5.33. The van der Waals surface area contributed by atoms with Gasteiger partial charge >= 0.3 is 18.2 Å². The molecule has 0 bridgehead atoms. The molecule has 1 N–H and O–H groups in total. The van der Waals surface area contributed by atoms with Crippen molar-refractivity contribution in [2.45, 2.75) is 32.0 Å². The molecule has 8 nitrogen and oxygen atoms in total. The van der Waals surface area contributed by atoms with Crippen LogP contribution in [0.15, 0.2) is 53.0 Å². The van der Waals surface area contributed by atoms with Crippen molar-refractivity contribution < 1.29 is 46.8 Å². The number of nitrogens with zero attached hydrogens (tertiary/aromatic N) is 1. The number of hydrogen-bond acceptors (Lipinski definition) is 6. The van der Waals surface area contributed by atoms with E-state index in [4.69, 9.17) is 14.2 Å². The lowest BCUT2D eigenvalue weighted by Gasteiger charge is -2.22. The minimum Gasteiger partial charge on any atom is -0.492 e. The van der Waals surface area contributed by atoms with E-state index in [1.165, 1.54) is 4.90 Å². The fourth-order valence-electron chi connectivity index (χ4n) is 3.14. The predicted molar refractivity (Wildman–Crippen MR) is 132 cm³/mol. The maximum absolute atomic E-state index is 12.7. The van der Waals surface area contributed by atoms with Crippen LogP contribution in [0.25, 0.3) is 0 Å². The Bertz CT molecular complexity index is 972. The third kappa shape index (κ3) is 12.3. The fraction of sp³-hybridized carbons (Fsp3) is 0.440. The van der Waals surface area contributed by atoms with E-state index in [-0.39, 0.29) is 45.8 Å². The van der Waals surface area contributed by atoms with Gasteiger partial charge in [0.05, 0.1) is 6.54 Å². The van der Waals surface area contributed by atoms with Crippen molar-refractivity contribution in [2.24, 2.45) is 0 Å². The van der Waals surface area contributed by atoms with Gasteiger partial charge < -0.3 is 29.0 Å². The molecule has 0 aliphatic carbocycles. The van der Waals surface area contributed by atoms with Gasteiger partial charge in [-0.2, -0.15) is 13.2 Å².